The number of piperazine rings is 1. The van der Waals surface area contributed by atoms with Crippen molar-refractivity contribution in [3.05, 3.63) is 18.0 Å². The minimum Gasteiger partial charge on any atom is -0.335 e. The van der Waals surface area contributed by atoms with Gasteiger partial charge >= 0.3 is 0 Å². The molecule has 3 rings (SSSR count). The maximum Gasteiger partial charge on any atom is 0.272 e. The largest absolute Gasteiger partial charge is 0.335 e. The van der Waals surface area contributed by atoms with Gasteiger partial charge in [0, 0.05) is 31.9 Å². The van der Waals surface area contributed by atoms with Crippen LogP contribution in [0.25, 0.3) is 0 Å². The first-order valence-electron chi connectivity index (χ1n) is 9.63. The number of rotatable bonds is 5. The molecule has 7 heteroatoms. The maximum atomic E-state index is 13.3. The van der Waals surface area contributed by atoms with Crippen LogP contribution in [-0.4, -0.2) is 81.6 Å². The highest BCUT2D eigenvalue weighted by molar-refractivity contribution is 5.97. The number of hydrogen-bond acceptors (Lipinski definition) is 4. The Hall–Kier alpha value is -1.89. The molecule has 0 N–H and O–H groups in total. The van der Waals surface area contributed by atoms with Gasteiger partial charge in [-0.25, -0.2) is 0 Å². The fourth-order valence-electron chi connectivity index (χ4n) is 4.20. The number of carbonyl (C=O) groups excluding carboxylic acids is 2. The van der Waals surface area contributed by atoms with E-state index in [1.54, 1.807) is 16.9 Å². The number of aryl methyl sites for hydroxylation is 1. The van der Waals surface area contributed by atoms with Crippen LogP contribution >= 0.6 is 0 Å². The van der Waals surface area contributed by atoms with Crippen LogP contribution in [-0.2, 0) is 11.3 Å². The van der Waals surface area contributed by atoms with Crippen molar-refractivity contribution in [3.8, 4) is 0 Å². The fraction of sp³-hybridized carbons (Fsp3) is 0.737. The molecular formula is C19H31N5O2. The Bertz CT molecular complexity index is 669. The molecule has 3 heterocycles. The molecule has 0 unspecified atom stereocenters. The van der Waals surface area contributed by atoms with E-state index in [1.807, 2.05) is 16.7 Å². The van der Waals surface area contributed by atoms with Crippen LogP contribution in [0.1, 0.15) is 44.1 Å². The predicted octanol–water partition coefficient (Wildman–Crippen LogP) is 1.30. The Morgan fingerprint density at radius 2 is 2.08 bits per heavy atom. The van der Waals surface area contributed by atoms with Gasteiger partial charge in [-0.2, -0.15) is 5.10 Å². The van der Waals surface area contributed by atoms with Crippen LogP contribution in [0.2, 0.25) is 0 Å². The van der Waals surface area contributed by atoms with Crippen molar-refractivity contribution < 1.29 is 9.59 Å². The van der Waals surface area contributed by atoms with E-state index in [0.29, 0.717) is 37.2 Å². The second-order valence-corrected chi connectivity index (χ2v) is 8.13. The minimum atomic E-state index is -0.375. The molecule has 0 bridgehead atoms. The first-order valence-corrected chi connectivity index (χ1v) is 9.63. The summed E-state index contributed by atoms with van der Waals surface area (Å²) in [7, 11) is 4.11. The van der Waals surface area contributed by atoms with Crippen molar-refractivity contribution in [2.75, 3.05) is 27.2 Å². The van der Waals surface area contributed by atoms with Crippen LogP contribution < -0.4 is 0 Å². The summed E-state index contributed by atoms with van der Waals surface area (Å²) < 4.78 is 1.71. The Kier molecular flexibility index (Phi) is 5.37. The highest BCUT2D eigenvalue weighted by atomic mass is 16.2. The molecule has 3 atom stereocenters. The number of nitrogens with zero attached hydrogens (tertiary/aromatic N) is 5. The molecule has 2 aliphatic rings. The number of likely N-dealkylation sites (N-methyl/N-ethyl adjacent to an activating group) is 1. The van der Waals surface area contributed by atoms with Gasteiger partial charge < -0.3 is 14.7 Å². The molecule has 2 aliphatic heterocycles. The second kappa shape index (κ2) is 7.39. The molecule has 144 valence electrons. The van der Waals surface area contributed by atoms with Gasteiger partial charge in [-0.15, -0.1) is 0 Å². The number of aromatic nitrogens is 2. The smallest absolute Gasteiger partial charge is 0.272 e. The molecule has 0 spiro atoms. The van der Waals surface area contributed by atoms with Crippen LogP contribution in [0.3, 0.4) is 0 Å². The summed E-state index contributed by atoms with van der Waals surface area (Å²) in [6, 6.07) is 1.85. The van der Waals surface area contributed by atoms with Crippen LogP contribution in [0.15, 0.2) is 12.3 Å². The van der Waals surface area contributed by atoms with Crippen LogP contribution in [0.4, 0.5) is 0 Å². The summed E-state index contributed by atoms with van der Waals surface area (Å²) in [5.41, 5.74) is 0.574. The highest BCUT2D eigenvalue weighted by Gasteiger charge is 2.47. The van der Waals surface area contributed by atoms with Gasteiger partial charge in [0.25, 0.3) is 5.91 Å². The SMILES string of the molecule is CCn1nccc1C(=O)N1C[C@@H]2C[C@H](N(C)C)CN2C(=O)[C@@H]1CC(C)C. The molecule has 2 fully saturated rings. The molecule has 1 aromatic heterocycles. The average molecular weight is 361 g/mol. The minimum absolute atomic E-state index is 0.0729. The molecule has 26 heavy (non-hydrogen) atoms. The molecule has 7 nitrogen and oxygen atoms in total. The van der Waals surface area contributed by atoms with Crippen molar-refractivity contribution in [3.63, 3.8) is 0 Å². The van der Waals surface area contributed by atoms with Crippen molar-refractivity contribution in [2.45, 2.75) is 58.3 Å². The molecule has 0 aromatic carbocycles. The molecule has 2 saturated heterocycles. The van der Waals surface area contributed by atoms with Crippen LogP contribution in [0.5, 0.6) is 0 Å². The molecular weight excluding hydrogens is 330 g/mol. The van der Waals surface area contributed by atoms with E-state index in [0.717, 1.165) is 13.0 Å². The zero-order valence-electron chi connectivity index (χ0n) is 16.6. The monoisotopic (exact) mass is 361 g/mol. The Morgan fingerprint density at radius 1 is 1.35 bits per heavy atom. The van der Waals surface area contributed by atoms with E-state index in [2.05, 4.69) is 37.9 Å². The standard InChI is InChI=1S/C19H31N5O2/c1-6-24-16(7-8-20-24)18(25)23-12-15-10-14(21(4)5)11-22(15)19(26)17(23)9-13(2)3/h7-8,13-15,17H,6,9-12H2,1-5H3/t14-,15-,17-/m0/s1. The van der Waals surface area contributed by atoms with Crippen molar-refractivity contribution in [2.24, 2.45) is 5.92 Å². The lowest BCUT2D eigenvalue weighted by Gasteiger charge is -2.43. The summed E-state index contributed by atoms with van der Waals surface area (Å²) in [5.74, 6) is 0.380. The predicted molar refractivity (Wildman–Crippen MR) is 99.8 cm³/mol. The van der Waals surface area contributed by atoms with Gasteiger partial charge in [0.1, 0.15) is 11.7 Å². The van der Waals surface area contributed by atoms with Crippen molar-refractivity contribution >= 4 is 11.8 Å². The van der Waals surface area contributed by atoms with Crippen molar-refractivity contribution in [1.82, 2.24) is 24.5 Å². The van der Waals surface area contributed by atoms with Gasteiger partial charge in [0.2, 0.25) is 5.91 Å². The van der Waals surface area contributed by atoms with E-state index in [-0.39, 0.29) is 23.9 Å². The molecule has 0 saturated carbocycles. The zero-order chi connectivity index (χ0) is 19.0. The highest BCUT2D eigenvalue weighted by Crippen LogP contribution is 2.31. The summed E-state index contributed by atoms with van der Waals surface area (Å²) in [4.78, 5) is 32.5. The Morgan fingerprint density at radius 3 is 2.69 bits per heavy atom. The average Bonchev–Trinajstić information content (AvgIpc) is 3.22. The topological polar surface area (TPSA) is 61.7 Å². The normalized spacial score (nSPS) is 26.1. The first-order chi connectivity index (χ1) is 12.3. The Balaban J connectivity index is 1.89. The fourth-order valence-corrected chi connectivity index (χ4v) is 4.20. The number of amides is 2. The maximum absolute atomic E-state index is 13.3. The van der Waals surface area contributed by atoms with Gasteiger partial charge in [-0.05, 0) is 45.8 Å². The number of hydrogen-bond donors (Lipinski definition) is 0. The van der Waals surface area contributed by atoms with E-state index < -0.39 is 0 Å². The quantitative estimate of drug-likeness (QED) is 0.793. The first kappa shape index (κ1) is 18.9. The van der Waals surface area contributed by atoms with E-state index in [4.69, 9.17) is 0 Å². The lowest BCUT2D eigenvalue weighted by Crippen LogP contribution is -2.61. The van der Waals surface area contributed by atoms with Crippen molar-refractivity contribution in [1.29, 1.82) is 0 Å². The third-order valence-corrected chi connectivity index (χ3v) is 5.67. The van der Waals surface area contributed by atoms with E-state index in [9.17, 15) is 9.59 Å². The third-order valence-electron chi connectivity index (χ3n) is 5.67. The Labute approximate surface area is 155 Å². The second-order valence-electron chi connectivity index (χ2n) is 8.13. The molecule has 0 radical (unpaired) electrons. The lowest BCUT2D eigenvalue weighted by molar-refractivity contribution is -0.142. The summed E-state index contributed by atoms with van der Waals surface area (Å²) in [6.07, 6.45) is 3.27. The number of carbonyl (C=O) groups is 2. The zero-order valence-corrected chi connectivity index (χ0v) is 16.6. The molecule has 2 amide bonds. The van der Waals surface area contributed by atoms with Gasteiger partial charge in [0.15, 0.2) is 0 Å². The van der Waals surface area contributed by atoms with Gasteiger partial charge in [0.05, 0.1) is 6.04 Å². The summed E-state index contributed by atoms with van der Waals surface area (Å²) in [6.45, 7) is 8.19. The summed E-state index contributed by atoms with van der Waals surface area (Å²) in [5, 5.41) is 4.22. The molecule has 1 aromatic rings. The van der Waals surface area contributed by atoms with Crippen LogP contribution in [0, 0.1) is 5.92 Å². The number of fused-ring (bicyclic) bond motifs is 1. The summed E-state index contributed by atoms with van der Waals surface area (Å²) >= 11 is 0. The van der Waals surface area contributed by atoms with Gasteiger partial charge in [-0.1, -0.05) is 13.8 Å². The van der Waals surface area contributed by atoms with E-state index >= 15 is 0 Å². The van der Waals surface area contributed by atoms with Gasteiger partial charge in [-0.3, -0.25) is 14.3 Å². The van der Waals surface area contributed by atoms with E-state index in [1.165, 1.54) is 0 Å². The molecule has 0 aliphatic carbocycles. The third kappa shape index (κ3) is 3.37. The lowest BCUT2D eigenvalue weighted by atomic mass is 9.96.